The summed E-state index contributed by atoms with van der Waals surface area (Å²) in [5, 5.41) is 17.6. The number of rotatable bonds is 11. The van der Waals surface area contributed by atoms with Gasteiger partial charge in [0.25, 0.3) is 6.43 Å². The van der Waals surface area contributed by atoms with Crippen LogP contribution in [0.2, 0.25) is 0 Å². The predicted molar refractivity (Wildman–Crippen MR) is 154 cm³/mol. The summed E-state index contributed by atoms with van der Waals surface area (Å²) in [7, 11) is 3.02. The van der Waals surface area contributed by atoms with Crippen LogP contribution in [0.25, 0.3) is 5.69 Å². The van der Waals surface area contributed by atoms with Gasteiger partial charge in [0.1, 0.15) is 17.3 Å². The monoisotopic (exact) mass is 578 g/mol. The molecule has 0 radical (unpaired) electrons. The highest BCUT2D eigenvalue weighted by Gasteiger charge is 2.31. The molecule has 0 aliphatic carbocycles. The van der Waals surface area contributed by atoms with Crippen molar-refractivity contribution in [2.24, 2.45) is 0 Å². The van der Waals surface area contributed by atoms with Crippen LogP contribution in [-0.4, -0.2) is 64.7 Å². The number of hydrogen-bond donors (Lipinski definition) is 2. The maximum Gasteiger partial charge on any atom is 0.326 e. The van der Waals surface area contributed by atoms with E-state index in [-0.39, 0.29) is 30.3 Å². The SMILES string of the molecule is COc1ccc(CN2CCN(c3ccn(-c4cc(C)nc(Nc5ccc(OC)cc5C(F)F)c4CCO)n3)C2=O)cc1. The smallest absolute Gasteiger partial charge is 0.326 e. The van der Waals surface area contributed by atoms with Crippen molar-refractivity contribution >= 4 is 23.4 Å². The fourth-order valence-corrected chi connectivity index (χ4v) is 4.92. The number of aromatic nitrogens is 3. The molecule has 2 amide bonds. The largest absolute Gasteiger partial charge is 0.497 e. The summed E-state index contributed by atoms with van der Waals surface area (Å²) < 4.78 is 39.7. The number of aliphatic hydroxyl groups is 1. The van der Waals surface area contributed by atoms with Crippen LogP contribution in [0.1, 0.15) is 28.8 Å². The number of alkyl halides is 2. The van der Waals surface area contributed by atoms with Gasteiger partial charge in [-0.3, -0.25) is 4.90 Å². The molecule has 2 N–H and O–H groups in total. The minimum atomic E-state index is -2.75. The van der Waals surface area contributed by atoms with E-state index in [2.05, 4.69) is 15.4 Å². The molecule has 4 aromatic rings. The number of carbonyl (C=O) groups is 1. The van der Waals surface area contributed by atoms with Gasteiger partial charge in [0.2, 0.25) is 0 Å². The van der Waals surface area contributed by atoms with Crippen LogP contribution in [-0.2, 0) is 13.0 Å². The Hall–Kier alpha value is -4.71. The van der Waals surface area contributed by atoms with Crippen molar-refractivity contribution in [2.75, 3.05) is 44.1 Å². The Bertz CT molecular complexity index is 1560. The summed E-state index contributed by atoms with van der Waals surface area (Å²) in [6, 6.07) is 15.4. The van der Waals surface area contributed by atoms with E-state index in [1.165, 1.54) is 19.2 Å². The van der Waals surface area contributed by atoms with Crippen molar-refractivity contribution in [3.63, 3.8) is 0 Å². The van der Waals surface area contributed by atoms with E-state index in [1.807, 2.05) is 24.3 Å². The Balaban J connectivity index is 1.41. The van der Waals surface area contributed by atoms with Crippen LogP contribution < -0.4 is 19.7 Å². The van der Waals surface area contributed by atoms with Crippen molar-refractivity contribution in [1.29, 1.82) is 0 Å². The molecule has 1 fully saturated rings. The number of halogens is 2. The van der Waals surface area contributed by atoms with Crippen molar-refractivity contribution in [3.05, 3.63) is 83.2 Å². The Labute approximate surface area is 242 Å². The predicted octanol–water partition coefficient (Wildman–Crippen LogP) is 5.25. The fourth-order valence-electron chi connectivity index (χ4n) is 4.92. The third-order valence-electron chi connectivity index (χ3n) is 7.06. The topological polar surface area (TPSA) is 105 Å². The third kappa shape index (κ3) is 5.98. The highest BCUT2D eigenvalue weighted by molar-refractivity contribution is 5.93. The van der Waals surface area contributed by atoms with E-state index in [0.717, 1.165) is 11.3 Å². The quantitative estimate of drug-likeness (QED) is 0.251. The molecule has 0 bridgehead atoms. The van der Waals surface area contributed by atoms with Crippen LogP contribution in [0.3, 0.4) is 0 Å². The zero-order valence-corrected chi connectivity index (χ0v) is 23.6. The van der Waals surface area contributed by atoms with Gasteiger partial charge >= 0.3 is 6.03 Å². The van der Waals surface area contributed by atoms with Gasteiger partial charge in [0, 0.05) is 67.4 Å². The van der Waals surface area contributed by atoms with Crippen molar-refractivity contribution in [1.82, 2.24) is 19.7 Å². The molecule has 0 spiro atoms. The molecule has 0 saturated carbocycles. The number of urea groups is 1. The number of amides is 2. The molecule has 10 nitrogen and oxygen atoms in total. The van der Waals surface area contributed by atoms with Crippen molar-refractivity contribution < 1.29 is 28.2 Å². The van der Waals surface area contributed by atoms with Crippen LogP contribution >= 0.6 is 0 Å². The van der Waals surface area contributed by atoms with Gasteiger partial charge in [-0.15, -0.1) is 5.10 Å². The van der Waals surface area contributed by atoms with Crippen molar-refractivity contribution in [3.8, 4) is 17.2 Å². The van der Waals surface area contributed by atoms with E-state index in [1.54, 1.807) is 52.9 Å². The average Bonchev–Trinajstić information content (AvgIpc) is 3.61. The summed E-state index contributed by atoms with van der Waals surface area (Å²) in [6.07, 6.45) is -0.825. The summed E-state index contributed by atoms with van der Waals surface area (Å²) in [4.78, 5) is 21.2. The number of nitrogens with zero attached hydrogens (tertiary/aromatic N) is 5. The highest BCUT2D eigenvalue weighted by atomic mass is 19.3. The Morgan fingerprint density at radius 2 is 1.76 bits per heavy atom. The van der Waals surface area contributed by atoms with Gasteiger partial charge in [-0.05, 0) is 48.9 Å². The number of pyridine rings is 1. The molecule has 2 aromatic carbocycles. The number of aliphatic hydroxyl groups excluding tert-OH is 1. The number of anilines is 3. The van der Waals surface area contributed by atoms with Crippen LogP contribution in [0, 0.1) is 6.92 Å². The van der Waals surface area contributed by atoms with Crippen LogP contribution in [0.15, 0.2) is 60.8 Å². The first kappa shape index (κ1) is 28.8. The Morgan fingerprint density at radius 3 is 2.45 bits per heavy atom. The maximum atomic E-state index is 13.9. The molecular weight excluding hydrogens is 546 g/mol. The average molecular weight is 579 g/mol. The molecule has 3 heterocycles. The lowest BCUT2D eigenvalue weighted by atomic mass is 10.1. The standard InChI is InChI=1S/C30H32F2N6O4/c1-19-16-26(23(11-15-39)29(33-19)34-25-9-8-22(42-3)17-24(25)28(31)32)38-12-10-27(35-38)37-14-13-36(30(37)40)18-20-4-6-21(41-2)7-5-20/h4-10,12,16-17,28,39H,11,13-15,18H2,1-3H3,(H,33,34). The molecule has 2 aromatic heterocycles. The number of ether oxygens (including phenoxy) is 2. The van der Waals surface area contributed by atoms with E-state index in [0.29, 0.717) is 54.0 Å². The maximum absolute atomic E-state index is 13.9. The molecule has 12 heteroatoms. The normalized spacial score (nSPS) is 13.3. The second-order valence-corrected chi connectivity index (χ2v) is 9.78. The van der Waals surface area contributed by atoms with Gasteiger partial charge in [-0.25, -0.2) is 23.2 Å². The van der Waals surface area contributed by atoms with Gasteiger partial charge in [-0.2, -0.15) is 0 Å². The van der Waals surface area contributed by atoms with Gasteiger partial charge < -0.3 is 24.8 Å². The zero-order valence-electron chi connectivity index (χ0n) is 23.6. The first-order valence-corrected chi connectivity index (χ1v) is 13.4. The number of methoxy groups -OCH3 is 2. The third-order valence-corrected chi connectivity index (χ3v) is 7.06. The second-order valence-electron chi connectivity index (χ2n) is 9.78. The second kappa shape index (κ2) is 12.4. The van der Waals surface area contributed by atoms with Gasteiger partial charge in [0.15, 0.2) is 5.82 Å². The fraction of sp³-hybridized carbons (Fsp3) is 0.300. The molecule has 1 aliphatic rings. The lowest BCUT2D eigenvalue weighted by molar-refractivity contribution is 0.152. The lowest BCUT2D eigenvalue weighted by Gasteiger charge is -2.19. The Morgan fingerprint density at radius 1 is 1.02 bits per heavy atom. The molecule has 220 valence electrons. The number of carbonyl (C=O) groups excluding carboxylic acids is 1. The zero-order chi connectivity index (χ0) is 29.8. The van der Waals surface area contributed by atoms with Crippen LogP contribution in [0.4, 0.5) is 30.9 Å². The molecule has 5 rings (SSSR count). The minimum Gasteiger partial charge on any atom is -0.497 e. The van der Waals surface area contributed by atoms with Crippen molar-refractivity contribution in [2.45, 2.75) is 26.3 Å². The minimum absolute atomic E-state index is 0.154. The summed E-state index contributed by atoms with van der Waals surface area (Å²) in [6.45, 7) is 3.07. The molecular formula is C30H32F2N6O4. The molecule has 0 atom stereocenters. The lowest BCUT2D eigenvalue weighted by Crippen LogP contribution is -2.31. The number of hydrogen-bond acceptors (Lipinski definition) is 7. The number of nitrogens with one attached hydrogen (secondary N) is 1. The highest BCUT2D eigenvalue weighted by Crippen LogP contribution is 2.34. The summed E-state index contributed by atoms with van der Waals surface area (Å²) >= 11 is 0. The summed E-state index contributed by atoms with van der Waals surface area (Å²) in [5.74, 6) is 1.87. The number of aryl methyl sites for hydroxylation is 1. The summed E-state index contributed by atoms with van der Waals surface area (Å²) in [5.41, 5.74) is 2.74. The molecule has 1 aliphatic heterocycles. The van der Waals surface area contributed by atoms with Gasteiger partial charge in [-0.1, -0.05) is 12.1 Å². The van der Waals surface area contributed by atoms with E-state index in [9.17, 15) is 18.7 Å². The molecule has 1 saturated heterocycles. The van der Waals surface area contributed by atoms with E-state index < -0.39 is 6.43 Å². The Kier molecular flexibility index (Phi) is 8.53. The number of benzene rings is 2. The van der Waals surface area contributed by atoms with Crippen LogP contribution in [0.5, 0.6) is 11.5 Å². The first-order valence-electron chi connectivity index (χ1n) is 13.4. The molecule has 0 unspecified atom stereocenters. The first-order chi connectivity index (χ1) is 20.3. The van der Waals surface area contributed by atoms with Gasteiger partial charge in [0.05, 0.1) is 19.9 Å². The van der Waals surface area contributed by atoms with E-state index in [4.69, 9.17) is 9.47 Å². The molecule has 42 heavy (non-hydrogen) atoms. The van der Waals surface area contributed by atoms with E-state index >= 15 is 0 Å².